The topological polar surface area (TPSA) is 56.2 Å². The van der Waals surface area contributed by atoms with Crippen molar-refractivity contribution in [3.05, 3.63) is 16.9 Å². The van der Waals surface area contributed by atoms with Crippen molar-refractivity contribution in [1.82, 2.24) is 15.1 Å². The first-order valence-corrected chi connectivity index (χ1v) is 7.97. The zero-order chi connectivity index (χ0) is 15.5. The van der Waals surface area contributed by atoms with Crippen molar-refractivity contribution in [2.75, 3.05) is 6.61 Å². The summed E-state index contributed by atoms with van der Waals surface area (Å²) in [6.45, 7) is 6.81. The number of carbonyl (C=O) groups is 1. The predicted octanol–water partition coefficient (Wildman–Crippen LogP) is 2.70. The number of aryl methyl sites for hydroxylation is 2. The minimum absolute atomic E-state index is 0.161. The molecule has 1 heterocycles. The maximum atomic E-state index is 12.2. The van der Waals surface area contributed by atoms with E-state index in [1.807, 2.05) is 31.6 Å². The molecule has 0 bridgehead atoms. The van der Waals surface area contributed by atoms with Crippen LogP contribution in [-0.4, -0.2) is 33.9 Å². The Kier molecular flexibility index (Phi) is 5.27. The van der Waals surface area contributed by atoms with Crippen LogP contribution in [0.3, 0.4) is 0 Å². The van der Waals surface area contributed by atoms with Crippen molar-refractivity contribution in [2.24, 2.45) is 0 Å². The summed E-state index contributed by atoms with van der Waals surface area (Å²) in [5.74, 6) is -0.161. The van der Waals surface area contributed by atoms with E-state index in [9.17, 15) is 4.79 Å². The summed E-state index contributed by atoms with van der Waals surface area (Å²) >= 11 is 6.00. The summed E-state index contributed by atoms with van der Waals surface area (Å²) in [7, 11) is 0. The maximum Gasteiger partial charge on any atom is 0.326 e. The van der Waals surface area contributed by atoms with Gasteiger partial charge >= 0.3 is 5.97 Å². The molecule has 0 radical (unpaired) electrons. The lowest BCUT2D eigenvalue weighted by Crippen LogP contribution is -2.51. The fourth-order valence-electron chi connectivity index (χ4n) is 2.40. The molecule has 6 heteroatoms. The molecule has 0 spiro atoms. The molecular weight excluding hydrogens is 290 g/mol. The molecule has 0 aromatic carbocycles. The lowest BCUT2D eigenvalue weighted by molar-refractivity contribution is -0.151. The van der Waals surface area contributed by atoms with Gasteiger partial charge in [0.15, 0.2) is 0 Å². The van der Waals surface area contributed by atoms with Crippen LogP contribution in [0.4, 0.5) is 0 Å². The van der Waals surface area contributed by atoms with E-state index in [-0.39, 0.29) is 5.97 Å². The fourth-order valence-corrected chi connectivity index (χ4v) is 2.55. The second kappa shape index (κ2) is 6.79. The Hall–Kier alpha value is -1.07. The van der Waals surface area contributed by atoms with E-state index in [0.29, 0.717) is 17.7 Å². The normalized spacial score (nSPS) is 17.5. The van der Waals surface area contributed by atoms with E-state index >= 15 is 0 Å². The molecule has 1 saturated carbocycles. The van der Waals surface area contributed by atoms with Gasteiger partial charge in [-0.1, -0.05) is 11.6 Å². The van der Waals surface area contributed by atoms with Gasteiger partial charge in [-0.25, -0.2) is 0 Å². The first-order chi connectivity index (χ1) is 9.94. The van der Waals surface area contributed by atoms with Crippen LogP contribution in [0.2, 0.25) is 5.02 Å². The van der Waals surface area contributed by atoms with Gasteiger partial charge in [-0.2, -0.15) is 5.10 Å². The van der Waals surface area contributed by atoms with Gasteiger partial charge in [0.1, 0.15) is 5.54 Å². The largest absolute Gasteiger partial charge is 0.465 e. The number of halogens is 1. The summed E-state index contributed by atoms with van der Waals surface area (Å²) in [5.41, 5.74) is 0.226. The summed E-state index contributed by atoms with van der Waals surface area (Å²) in [4.78, 5) is 12.2. The van der Waals surface area contributed by atoms with Crippen molar-refractivity contribution in [1.29, 1.82) is 0 Å². The van der Waals surface area contributed by atoms with E-state index in [4.69, 9.17) is 16.3 Å². The molecule has 1 aromatic heterocycles. The smallest absolute Gasteiger partial charge is 0.326 e. The van der Waals surface area contributed by atoms with Crippen LogP contribution in [0.15, 0.2) is 6.20 Å². The number of carbonyl (C=O) groups excluding carboxylic acids is 1. The third-order valence-electron chi connectivity index (χ3n) is 3.78. The first-order valence-electron chi connectivity index (χ1n) is 7.59. The number of esters is 1. The summed E-state index contributed by atoms with van der Waals surface area (Å²) in [6, 6.07) is 0.459. The quantitative estimate of drug-likeness (QED) is 0.750. The van der Waals surface area contributed by atoms with E-state index in [1.165, 1.54) is 0 Å². The second-order valence-corrected chi connectivity index (χ2v) is 6.31. The molecule has 0 aliphatic heterocycles. The average Bonchev–Trinajstić information content (AvgIpc) is 3.16. The number of nitrogens with one attached hydrogen (secondary N) is 1. The fraction of sp³-hybridized carbons (Fsp3) is 0.733. The number of ether oxygens (including phenoxy) is 1. The van der Waals surface area contributed by atoms with E-state index in [0.717, 1.165) is 37.9 Å². The molecule has 5 nitrogen and oxygen atoms in total. The monoisotopic (exact) mass is 313 g/mol. The Morgan fingerprint density at radius 3 is 2.86 bits per heavy atom. The molecule has 1 atom stereocenters. The third-order valence-corrected chi connectivity index (χ3v) is 4.15. The molecule has 21 heavy (non-hydrogen) atoms. The van der Waals surface area contributed by atoms with Crippen molar-refractivity contribution in [3.8, 4) is 0 Å². The lowest BCUT2D eigenvalue weighted by atomic mass is 9.95. The predicted molar refractivity (Wildman–Crippen MR) is 82.4 cm³/mol. The highest BCUT2D eigenvalue weighted by Gasteiger charge is 2.39. The summed E-state index contributed by atoms with van der Waals surface area (Å²) in [5, 5.41) is 8.44. The first kappa shape index (κ1) is 16.3. The molecule has 1 fully saturated rings. The van der Waals surface area contributed by atoms with Crippen LogP contribution in [0.1, 0.15) is 45.2 Å². The van der Waals surface area contributed by atoms with Gasteiger partial charge in [-0.05, 0) is 46.5 Å². The van der Waals surface area contributed by atoms with Crippen molar-refractivity contribution in [2.45, 2.75) is 64.6 Å². The number of nitrogens with zero attached hydrogens (tertiary/aromatic N) is 2. The molecule has 0 amide bonds. The van der Waals surface area contributed by atoms with Crippen molar-refractivity contribution >= 4 is 17.6 Å². The van der Waals surface area contributed by atoms with Gasteiger partial charge in [0.2, 0.25) is 0 Å². The van der Waals surface area contributed by atoms with Crippen LogP contribution in [0, 0.1) is 6.92 Å². The zero-order valence-electron chi connectivity index (χ0n) is 13.0. The lowest BCUT2D eigenvalue weighted by Gasteiger charge is -2.28. The third kappa shape index (κ3) is 4.45. The van der Waals surface area contributed by atoms with E-state index < -0.39 is 5.54 Å². The van der Waals surface area contributed by atoms with Gasteiger partial charge < -0.3 is 4.74 Å². The molecule has 1 aromatic rings. The van der Waals surface area contributed by atoms with Crippen molar-refractivity contribution < 1.29 is 9.53 Å². The molecule has 1 aliphatic rings. The minimum atomic E-state index is -0.608. The Bertz CT molecular complexity index is 480. The number of aromatic nitrogens is 2. The van der Waals surface area contributed by atoms with Crippen LogP contribution in [-0.2, 0) is 16.1 Å². The second-order valence-electron chi connectivity index (χ2n) is 5.90. The SMILES string of the molecule is CCOC(=O)C(C)(CCCn1cc(Cl)c(C)n1)NC1CC1. The van der Waals surface area contributed by atoms with Crippen LogP contribution < -0.4 is 5.32 Å². The summed E-state index contributed by atoms with van der Waals surface area (Å²) < 4.78 is 7.05. The van der Waals surface area contributed by atoms with E-state index in [1.54, 1.807) is 0 Å². The summed E-state index contributed by atoms with van der Waals surface area (Å²) in [6.07, 6.45) is 5.67. The molecule has 2 rings (SSSR count). The Balaban J connectivity index is 1.90. The highest BCUT2D eigenvalue weighted by atomic mass is 35.5. The minimum Gasteiger partial charge on any atom is -0.465 e. The molecule has 1 aliphatic carbocycles. The van der Waals surface area contributed by atoms with Gasteiger partial charge in [0, 0.05) is 18.8 Å². The van der Waals surface area contributed by atoms with Gasteiger partial charge in [0.05, 0.1) is 17.3 Å². The number of hydrogen-bond acceptors (Lipinski definition) is 4. The zero-order valence-corrected chi connectivity index (χ0v) is 13.7. The molecule has 118 valence electrons. The standard InChI is InChI=1S/C15H24ClN3O2/c1-4-21-14(20)15(3,17-12-6-7-12)8-5-9-19-10-13(16)11(2)18-19/h10,12,17H,4-9H2,1-3H3. The average molecular weight is 314 g/mol. The Morgan fingerprint density at radius 2 is 2.33 bits per heavy atom. The molecule has 1 unspecified atom stereocenters. The number of hydrogen-bond donors (Lipinski definition) is 1. The van der Waals surface area contributed by atoms with Crippen LogP contribution in [0.5, 0.6) is 0 Å². The Labute approximate surface area is 131 Å². The molecule has 0 saturated heterocycles. The molecular formula is C15H24ClN3O2. The number of rotatable bonds is 8. The van der Waals surface area contributed by atoms with Gasteiger partial charge in [-0.15, -0.1) is 0 Å². The maximum absolute atomic E-state index is 12.2. The molecule has 1 N–H and O–H groups in total. The van der Waals surface area contributed by atoms with Gasteiger partial charge in [-0.3, -0.25) is 14.8 Å². The highest BCUT2D eigenvalue weighted by molar-refractivity contribution is 6.31. The van der Waals surface area contributed by atoms with Crippen LogP contribution >= 0.6 is 11.6 Å². The highest BCUT2D eigenvalue weighted by Crippen LogP contribution is 2.26. The Morgan fingerprint density at radius 1 is 1.62 bits per heavy atom. The van der Waals surface area contributed by atoms with Crippen molar-refractivity contribution in [3.63, 3.8) is 0 Å². The van der Waals surface area contributed by atoms with Gasteiger partial charge in [0.25, 0.3) is 0 Å². The van der Waals surface area contributed by atoms with Crippen LogP contribution in [0.25, 0.3) is 0 Å². The van der Waals surface area contributed by atoms with E-state index in [2.05, 4.69) is 10.4 Å².